The first-order valence-electron chi connectivity index (χ1n) is 8.84. The van der Waals surface area contributed by atoms with Crippen LogP contribution in [-0.2, 0) is 4.79 Å². The van der Waals surface area contributed by atoms with E-state index in [-0.39, 0.29) is 5.91 Å². The van der Waals surface area contributed by atoms with E-state index >= 15 is 0 Å². The van der Waals surface area contributed by atoms with Gasteiger partial charge in [0.2, 0.25) is 0 Å². The van der Waals surface area contributed by atoms with Crippen LogP contribution >= 0.6 is 0 Å². The van der Waals surface area contributed by atoms with Gasteiger partial charge in [-0.25, -0.2) is 0 Å². The number of nitrogens with zero attached hydrogens (tertiary/aromatic N) is 1. The lowest BCUT2D eigenvalue weighted by Crippen LogP contribution is -3.15. The molecule has 1 amide bonds. The summed E-state index contributed by atoms with van der Waals surface area (Å²) in [6.07, 6.45) is 0. The van der Waals surface area contributed by atoms with Gasteiger partial charge in [0.05, 0.1) is 40.4 Å². The molecule has 0 unspecified atom stereocenters. The number of amides is 1. The van der Waals surface area contributed by atoms with Crippen LogP contribution in [0.3, 0.4) is 0 Å². The molecule has 26 heavy (non-hydrogen) atoms. The van der Waals surface area contributed by atoms with E-state index in [0.29, 0.717) is 6.54 Å². The Balaban J connectivity index is 1.46. The van der Waals surface area contributed by atoms with Gasteiger partial charge >= 0.3 is 0 Å². The van der Waals surface area contributed by atoms with E-state index in [2.05, 4.69) is 22.3 Å². The molecule has 0 radical (unpaired) electrons. The van der Waals surface area contributed by atoms with Crippen molar-refractivity contribution in [1.29, 1.82) is 0 Å². The quantitative estimate of drug-likeness (QED) is 0.812. The van der Waals surface area contributed by atoms with E-state index in [1.807, 2.05) is 36.4 Å². The minimum Gasteiger partial charge on any atom is -0.497 e. The van der Waals surface area contributed by atoms with Gasteiger partial charge in [-0.05, 0) is 48.5 Å². The van der Waals surface area contributed by atoms with Crippen LogP contribution < -0.4 is 24.6 Å². The van der Waals surface area contributed by atoms with Crippen LogP contribution in [0.15, 0.2) is 48.5 Å². The Hall–Kier alpha value is -2.73. The maximum Gasteiger partial charge on any atom is 0.279 e. The molecule has 2 aromatic carbocycles. The highest BCUT2D eigenvalue weighted by molar-refractivity contribution is 5.91. The number of quaternary nitrogens is 1. The minimum atomic E-state index is 0.0445. The predicted octanol–water partition coefficient (Wildman–Crippen LogP) is 1.05. The molecular formula is C20H26N3O3+. The molecule has 1 fully saturated rings. The number of nitrogens with one attached hydrogen (secondary N) is 2. The molecule has 2 N–H and O–H groups in total. The summed E-state index contributed by atoms with van der Waals surface area (Å²) in [6.45, 7) is 4.27. The lowest BCUT2D eigenvalue weighted by Gasteiger charge is -2.33. The number of hydrogen-bond donors (Lipinski definition) is 2. The van der Waals surface area contributed by atoms with Crippen molar-refractivity contribution in [3.63, 3.8) is 0 Å². The smallest absolute Gasteiger partial charge is 0.279 e. The number of anilines is 2. The Morgan fingerprint density at radius 2 is 1.50 bits per heavy atom. The molecule has 1 heterocycles. The third-order valence-electron chi connectivity index (χ3n) is 4.69. The van der Waals surface area contributed by atoms with Gasteiger partial charge in [0, 0.05) is 11.4 Å². The fraction of sp³-hybridized carbons (Fsp3) is 0.350. The number of rotatable bonds is 6. The summed E-state index contributed by atoms with van der Waals surface area (Å²) in [5, 5.41) is 2.95. The lowest BCUT2D eigenvalue weighted by molar-refractivity contribution is -0.892. The maximum absolute atomic E-state index is 12.3. The second-order valence-electron chi connectivity index (χ2n) is 6.39. The van der Waals surface area contributed by atoms with Gasteiger partial charge in [0.15, 0.2) is 6.54 Å². The molecule has 0 bridgehead atoms. The van der Waals surface area contributed by atoms with Crippen LogP contribution in [0.1, 0.15) is 0 Å². The molecule has 6 heteroatoms. The van der Waals surface area contributed by atoms with Crippen molar-refractivity contribution in [2.24, 2.45) is 0 Å². The van der Waals surface area contributed by atoms with E-state index in [9.17, 15) is 4.79 Å². The normalized spacial score (nSPS) is 14.8. The Bertz CT molecular complexity index is 708. The first kappa shape index (κ1) is 18.1. The summed E-state index contributed by atoms with van der Waals surface area (Å²) < 4.78 is 10.3. The van der Waals surface area contributed by atoms with Crippen LogP contribution in [-0.4, -0.2) is 52.9 Å². The number of methoxy groups -OCH3 is 2. The molecule has 0 spiro atoms. The number of benzene rings is 2. The van der Waals surface area contributed by atoms with Crippen molar-refractivity contribution >= 4 is 17.3 Å². The predicted molar refractivity (Wildman–Crippen MR) is 102 cm³/mol. The monoisotopic (exact) mass is 356 g/mol. The summed E-state index contributed by atoms with van der Waals surface area (Å²) >= 11 is 0. The first-order valence-corrected chi connectivity index (χ1v) is 8.84. The SMILES string of the molecule is COc1ccc(NC(=O)C[NH+]2CCN(c3ccc(OC)cc3)CC2)cc1. The van der Waals surface area contributed by atoms with Crippen molar-refractivity contribution in [3.05, 3.63) is 48.5 Å². The van der Waals surface area contributed by atoms with Gasteiger partial charge in [-0.15, -0.1) is 0 Å². The Morgan fingerprint density at radius 1 is 0.962 bits per heavy atom. The van der Waals surface area contributed by atoms with E-state index in [4.69, 9.17) is 9.47 Å². The Morgan fingerprint density at radius 3 is 2.04 bits per heavy atom. The fourth-order valence-corrected chi connectivity index (χ4v) is 3.16. The number of piperazine rings is 1. The molecule has 1 aliphatic rings. The third-order valence-corrected chi connectivity index (χ3v) is 4.69. The second kappa shape index (κ2) is 8.58. The summed E-state index contributed by atoms with van der Waals surface area (Å²) in [7, 11) is 3.30. The molecular weight excluding hydrogens is 330 g/mol. The van der Waals surface area contributed by atoms with Gasteiger partial charge in [-0.1, -0.05) is 0 Å². The topological polar surface area (TPSA) is 55.2 Å². The molecule has 3 rings (SSSR count). The van der Waals surface area contributed by atoms with Crippen LogP contribution in [0.2, 0.25) is 0 Å². The summed E-state index contributed by atoms with van der Waals surface area (Å²) in [4.78, 5) is 15.9. The highest BCUT2D eigenvalue weighted by Crippen LogP contribution is 2.19. The van der Waals surface area contributed by atoms with Gasteiger partial charge in [0.1, 0.15) is 11.5 Å². The molecule has 2 aromatic rings. The van der Waals surface area contributed by atoms with Gasteiger partial charge in [-0.2, -0.15) is 0 Å². The highest BCUT2D eigenvalue weighted by atomic mass is 16.5. The zero-order valence-electron chi connectivity index (χ0n) is 15.3. The van der Waals surface area contributed by atoms with Crippen LogP contribution in [0.4, 0.5) is 11.4 Å². The number of hydrogen-bond acceptors (Lipinski definition) is 4. The van der Waals surface area contributed by atoms with Crippen molar-refractivity contribution in [2.75, 3.05) is 57.2 Å². The summed E-state index contributed by atoms with van der Waals surface area (Å²) in [5.74, 6) is 1.69. The van der Waals surface area contributed by atoms with Crippen molar-refractivity contribution in [3.8, 4) is 11.5 Å². The van der Waals surface area contributed by atoms with Crippen molar-refractivity contribution < 1.29 is 19.2 Å². The van der Waals surface area contributed by atoms with Crippen molar-refractivity contribution in [2.45, 2.75) is 0 Å². The Labute approximate surface area is 154 Å². The van der Waals surface area contributed by atoms with Crippen LogP contribution in [0.25, 0.3) is 0 Å². The van der Waals surface area contributed by atoms with Gasteiger partial charge in [0.25, 0.3) is 5.91 Å². The lowest BCUT2D eigenvalue weighted by atomic mass is 10.2. The molecule has 0 aliphatic carbocycles. The fourth-order valence-electron chi connectivity index (χ4n) is 3.16. The zero-order chi connectivity index (χ0) is 18.4. The molecule has 0 aromatic heterocycles. The average molecular weight is 356 g/mol. The second-order valence-corrected chi connectivity index (χ2v) is 6.39. The van der Waals surface area contributed by atoms with Crippen molar-refractivity contribution in [1.82, 2.24) is 0 Å². The van der Waals surface area contributed by atoms with Crippen LogP contribution in [0.5, 0.6) is 11.5 Å². The standard InChI is InChI=1S/C20H25N3O3/c1-25-18-7-3-16(4-8-18)21-20(24)15-22-11-13-23(14-12-22)17-5-9-19(26-2)10-6-17/h3-10H,11-15H2,1-2H3,(H,21,24)/p+1. The molecule has 138 valence electrons. The molecule has 0 atom stereocenters. The Kier molecular flexibility index (Phi) is 5.96. The molecule has 1 saturated heterocycles. The maximum atomic E-state index is 12.3. The molecule has 1 aliphatic heterocycles. The zero-order valence-corrected chi connectivity index (χ0v) is 15.3. The minimum absolute atomic E-state index is 0.0445. The molecule has 6 nitrogen and oxygen atoms in total. The van der Waals surface area contributed by atoms with Crippen LogP contribution in [0, 0.1) is 0 Å². The number of ether oxygens (including phenoxy) is 2. The summed E-state index contributed by atoms with van der Waals surface area (Å²) in [5.41, 5.74) is 2.00. The number of carbonyl (C=O) groups is 1. The van der Waals surface area contributed by atoms with Gasteiger partial charge < -0.3 is 24.6 Å². The van der Waals surface area contributed by atoms with E-state index in [1.54, 1.807) is 14.2 Å². The van der Waals surface area contributed by atoms with E-state index in [0.717, 1.165) is 43.4 Å². The number of carbonyl (C=O) groups excluding carboxylic acids is 1. The van der Waals surface area contributed by atoms with E-state index in [1.165, 1.54) is 10.6 Å². The largest absolute Gasteiger partial charge is 0.497 e. The highest BCUT2D eigenvalue weighted by Gasteiger charge is 2.22. The van der Waals surface area contributed by atoms with E-state index < -0.39 is 0 Å². The summed E-state index contributed by atoms with van der Waals surface area (Å²) in [6, 6.07) is 15.5. The molecule has 0 saturated carbocycles. The average Bonchev–Trinajstić information content (AvgIpc) is 2.69. The third kappa shape index (κ3) is 4.67. The first-order chi connectivity index (χ1) is 12.7. The van der Waals surface area contributed by atoms with Gasteiger partial charge in [-0.3, -0.25) is 4.79 Å².